The van der Waals surface area contributed by atoms with Crippen molar-refractivity contribution < 1.29 is 0 Å². The fourth-order valence-electron chi connectivity index (χ4n) is 9.54. The molecule has 11 rings (SSSR count). The maximum atomic E-state index is 2.64. The summed E-state index contributed by atoms with van der Waals surface area (Å²) in [6, 6.07) is 59.4. The molecule has 1 nitrogen and oxygen atoms in total. The Balaban J connectivity index is 1.43. The lowest BCUT2D eigenvalue weighted by Crippen LogP contribution is -2.67. The molecule has 0 atom stereocenters. The number of nitrogens with zero attached hydrogens (tertiary/aromatic N) is 1. The second-order valence-electron chi connectivity index (χ2n) is 13.1. The van der Waals surface area contributed by atoms with Crippen LogP contribution in [-0.4, -0.2) is 11.3 Å². The number of para-hydroxylation sites is 1. The summed E-state index contributed by atoms with van der Waals surface area (Å²) < 4.78 is 2.64. The Morgan fingerprint density at radius 2 is 1.13 bits per heavy atom. The van der Waals surface area contributed by atoms with Crippen molar-refractivity contribution in [3.8, 4) is 16.8 Å². The van der Waals surface area contributed by atoms with E-state index in [1.54, 1.807) is 0 Å². The number of rotatable bonds is 3. The molecule has 0 spiro atoms. The average molecular weight is 582 g/mol. The third kappa shape index (κ3) is 2.85. The standard InChI is InChI=1S/C44H28BN/c1-4-13-28(14-5-1)33-25-26-37-41-42(33)46-38-22-11-10-20-34(38)35-24-23-30-27-29-15-12-21-36(39(29)45(41)40(30)43(35)46)44(37,31-16-6-2-7-17-31)32-18-8-3-9-19-32/h1-26H,27H2. The van der Waals surface area contributed by atoms with Crippen molar-refractivity contribution in [1.29, 1.82) is 0 Å². The van der Waals surface area contributed by atoms with Crippen LogP contribution >= 0.6 is 0 Å². The van der Waals surface area contributed by atoms with Crippen molar-refractivity contribution in [2.24, 2.45) is 0 Å². The molecule has 7 aromatic carbocycles. The van der Waals surface area contributed by atoms with Gasteiger partial charge in [0, 0.05) is 27.5 Å². The molecule has 0 unspecified atom stereocenters. The van der Waals surface area contributed by atoms with E-state index in [0.29, 0.717) is 0 Å². The molecular formula is C44H28BN. The highest BCUT2D eigenvalue weighted by atomic mass is 15.0. The lowest BCUT2D eigenvalue weighted by atomic mass is 9.27. The summed E-state index contributed by atoms with van der Waals surface area (Å²) >= 11 is 0. The quantitative estimate of drug-likeness (QED) is 0.187. The van der Waals surface area contributed by atoms with E-state index in [0.717, 1.165) is 6.42 Å². The van der Waals surface area contributed by atoms with Crippen LogP contribution in [0.5, 0.6) is 0 Å². The Labute approximate surface area is 268 Å². The SMILES string of the molecule is c1ccc(-c2ccc3c4c2-n2c5ccccc5c5ccc6c(c52)B4c2c(cccc2C3(c2ccccc2)c2ccccc2)C6)cc1. The van der Waals surface area contributed by atoms with Gasteiger partial charge in [0.1, 0.15) is 0 Å². The third-order valence-electron chi connectivity index (χ3n) is 11.2. The highest BCUT2D eigenvalue weighted by molar-refractivity contribution is 7.00. The zero-order chi connectivity index (χ0) is 30.0. The Bertz CT molecular complexity index is 2500. The smallest absolute Gasteiger partial charge is 0.248 e. The Morgan fingerprint density at radius 1 is 0.478 bits per heavy atom. The van der Waals surface area contributed by atoms with E-state index in [9.17, 15) is 0 Å². The van der Waals surface area contributed by atoms with Crippen molar-refractivity contribution >= 4 is 44.9 Å². The monoisotopic (exact) mass is 581 g/mol. The number of aromatic nitrogens is 1. The van der Waals surface area contributed by atoms with E-state index in [2.05, 4.69) is 162 Å². The first-order valence-corrected chi connectivity index (χ1v) is 16.4. The first kappa shape index (κ1) is 24.7. The van der Waals surface area contributed by atoms with E-state index < -0.39 is 5.41 Å². The van der Waals surface area contributed by atoms with Gasteiger partial charge in [-0.3, -0.25) is 0 Å². The molecule has 0 aliphatic carbocycles. The zero-order valence-electron chi connectivity index (χ0n) is 25.2. The molecule has 4 heterocycles. The summed E-state index contributed by atoms with van der Waals surface area (Å²) in [5.41, 5.74) is 18.9. The highest BCUT2D eigenvalue weighted by Crippen LogP contribution is 2.50. The zero-order valence-corrected chi connectivity index (χ0v) is 25.2. The van der Waals surface area contributed by atoms with Gasteiger partial charge in [0.25, 0.3) is 0 Å². The van der Waals surface area contributed by atoms with Crippen molar-refractivity contribution in [2.75, 3.05) is 0 Å². The molecule has 0 N–H and O–H groups in total. The van der Waals surface area contributed by atoms with Crippen molar-refractivity contribution in [1.82, 2.24) is 4.57 Å². The molecule has 46 heavy (non-hydrogen) atoms. The molecule has 2 heteroatoms. The summed E-state index contributed by atoms with van der Waals surface area (Å²) in [5.74, 6) is 0. The van der Waals surface area contributed by atoms with Crippen molar-refractivity contribution in [3.05, 3.63) is 191 Å². The number of hydrogen-bond acceptors (Lipinski definition) is 0. The minimum Gasteiger partial charge on any atom is -0.310 e. The fourth-order valence-corrected chi connectivity index (χ4v) is 9.54. The average Bonchev–Trinajstić information content (AvgIpc) is 3.47. The Kier molecular flexibility index (Phi) is 4.71. The summed E-state index contributed by atoms with van der Waals surface area (Å²) in [6.07, 6.45) is 0.954. The molecule has 0 bridgehead atoms. The first-order valence-electron chi connectivity index (χ1n) is 16.4. The molecule has 0 radical (unpaired) electrons. The van der Waals surface area contributed by atoms with Crippen LogP contribution in [0, 0.1) is 0 Å². The minimum absolute atomic E-state index is 0.171. The molecule has 0 fully saturated rings. The summed E-state index contributed by atoms with van der Waals surface area (Å²) in [4.78, 5) is 0. The third-order valence-corrected chi connectivity index (χ3v) is 11.2. The molecule has 3 aliphatic rings. The van der Waals surface area contributed by atoms with Crippen LogP contribution in [0.3, 0.4) is 0 Å². The van der Waals surface area contributed by atoms with Crippen LogP contribution in [0.15, 0.2) is 158 Å². The van der Waals surface area contributed by atoms with Gasteiger partial charge in [-0.15, -0.1) is 0 Å². The van der Waals surface area contributed by atoms with Crippen LogP contribution in [-0.2, 0) is 11.8 Å². The van der Waals surface area contributed by atoms with Gasteiger partial charge in [0.2, 0.25) is 6.71 Å². The normalized spacial score (nSPS) is 14.6. The molecule has 8 aromatic rings. The lowest BCUT2D eigenvalue weighted by molar-refractivity contribution is 0.748. The number of fused-ring (bicyclic) bond motifs is 4. The summed E-state index contributed by atoms with van der Waals surface area (Å²) in [6.45, 7) is 0.171. The molecule has 1 aromatic heterocycles. The Morgan fingerprint density at radius 3 is 1.89 bits per heavy atom. The van der Waals surface area contributed by atoms with Gasteiger partial charge in [-0.1, -0.05) is 157 Å². The maximum Gasteiger partial charge on any atom is 0.248 e. The fraction of sp³-hybridized carbons (Fsp3) is 0.0455. The van der Waals surface area contributed by atoms with Gasteiger partial charge in [0.05, 0.1) is 10.9 Å². The van der Waals surface area contributed by atoms with E-state index in [4.69, 9.17) is 0 Å². The van der Waals surface area contributed by atoms with E-state index >= 15 is 0 Å². The summed E-state index contributed by atoms with van der Waals surface area (Å²) in [7, 11) is 0. The predicted molar refractivity (Wildman–Crippen MR) is 192 cm³/mol. The second-order valence-corrected chi connectivity index (χ2v) is 13.1. The number of hydrogen-bond donors (Lipinski definition) is 0. The topological polar surface area (TPSA) is 4.93 Å². The second kappa shape index (κ2) is 8.77. The Hall–Kier alpha value is -5.60. The lowest BCUT2D eigenvalue weighted by Gasteiger charge is -2.49. The van der Waals surface area contributed by atoms with Crippen LogP contribution in [0.4, 0.5) is 0 Å². The van der Waals surface area contributed by atoms with Crippen LogP contribution in [0.25, 0.3) is 38.6 Å². The van der Waals surface area contributed by atoms with E-state index in [1.807, 2.05) is 0 Å². The van der Waals surface area contributed by atoms with E-state index in [-0.39, 0.29) is 6.71 Å². The molecule has 0 saturated heterocycles. The minimum atomic E-state index is -0.463. The van der Waals surface area contributed by atoms with Gasteiger partial charge in [-0.25, -0.2) is 0 Å². The van der Waals surface area contributed by atoms with E-state index in [1.165, 1.54) is 88.4 Å². The first-order chi connectivity index (χ1) is 22.9. The van der Waals surface area contributed by atoms with Crippen LogP contribution in [0.2, 0.25) is 0 Å². The van der Waals surface area contributed by atoms with Crippen molar-refractivity contribution in [2.45, 2.75) is 11.8 Å². The van der Waals surface area contributed by atoms with Gasteiger partial charge in [-0.2, -0.15) is 0 Å². The van der Waals surface area contributed by atoms with Crippen LogP contribution in [0.1, 0.15) is 33.4 Å². The molecule has 212 valence electrons. The predicted octanol–water partition coefficient (Wildman–Crippen LogP) is 7.88. The molecule has 3 aliphatic heterocycles. The van der Waals surface area contributed by atoms with Gasteiger partial charge in [-0.05, 0) is 62.4 Å². The highest BCUT2D eigenvalue weighted by Gasteiger charge is 2.53. The molecule has 0 saturated carbocycles. The maximum absolute atomic E-state index is 2.64. The molecular weight excluding hydrogens is 553 g/mol. The van der Waals surface area contributed by atoms with Crippen molar-refractivity contribution in [3.63, 3.8) is 0 Å². The summed E-state index contributed by atoms with van der Waals surface area (Å²) in [5, 5.41) is 2.68. The largest absolute Gasteiger partial charge is 0.310 e. The number of benzene rings is 7. The van der Waals surface area contributed by atoms with Gasteiger partial charge < -0.3 is 4.57 Å². The van der Waals surface area contributed by atoms with Gasteiger partial charge in [0.15, 0.2) is 0 Å². The van der Waals surface area contributed by atoms with Crippen LogP contribution < -0.4 is 16.4 Å². The molecule has 0 amide bonds. The van der Waals surface area contributed by atoms with Gasteiger partial charge >= 0.3 is 0 Å².